The van der Waals surface area contributed by atoms with Crippen LogP contribution in [0.3, 0.4) is 0 Å². The highest BCUT2D eigenvalue weighted by molar-refractivity contribution is 6.83. The molecular formula is C22H33NO9Si. The highest BCUT2D eigenvalue weighted by atomic mass is 28.3. The fourth-order valence-electron chi connectivity index (χ4n) is 2.42. The number of nitro groups is 1. The van der Waals surface area contributed by atoms with E-state index in [1.807, 2.05) is 0 Å². The molecule has 0 aliphatic rings. The molecule has 0 fully saturated rings. The van der Waals surface area contributed by atoms with Gasteiger partial charge in [-0.3, -0.25) is 10.1 Å². The molecule has 1 aromatic rings. The zero-order valence-electron chi connectivity index (χ0n) is 19.6. The monoisotopic (exact) mass is 483 g/mol. The second-order valence-corrected chi connectivity index (χ2v) is 12.7. The average molecular weight is 484 g/mol. The van der Waals surface area contributed by atoms with Crippen LogP contribution in [0.2, 0.25) is 19.6 Å². The van der Waals surface area contributed by atoms with Gasteiger partial charge in [-0.2, -0.15) is 0 Å². The predicted octanol–water partition coefficient (Wildman–Crippen LogP) is 3.08. The first-order valence-electron chi connectivity index (χ1n) is 10.6. The number of nitro benzene ring substituents is 1. The van der Waals surface area contributed by atoms with Gasteiger partial charge in [0.1, 0.15) is 20.8 Å². The standard InChI is InChI=1S/C22H33NO9Si/c1-18(20-17-19(7-16-33(2,3)4)5-6-21(20)23(26)27)32-22(25)31-15-14-30-13-12-29-11-10-28-9-8-24/h5-6,17-18,24H,8-15H2,1-4H3. The first-order chi connectivity index (χ1) is 15.6. The van der Waals surface area contributed by atoms with Crippen molar-refractivity contribution in [3.63, 3.8) is 0 Å². The zero-order valence-corrected chi connectivity index (χ0v) is 20.6. The van der Waals surface area contributed by atoms with Gasteiger partial charge < -0.3 is 28.8 Å². The Morgan fingerprint density at radius 1 is 1.06 bits per heavy atom. The van der Waals surface area contributed by atoms with Crippen molar-refractivity contribution in [1.82, 2.24) is 0 Å². The molecule has 0 amide bonds. The second-order valence-electron chi connectivity index (χ2n) is 7.95. The fraction of sp³-hybridized carbons (Fsp3) is 0.591. The van der Waals surface area contributed by atoms with E-state index in [1.165, 1.54) is 13.0 Å². The maximum Gasteiger partial charge on any atom is 0.508 e. The number of benzene rings is 1. The average Bonchev–Trinajstić information content (AvgIpc) is 2.75. The maximum atomic E-state index is 12.0. The molecule has 0 aromatic heterocycles. The molecule has 0 aliphatic heterocycles. The summed E-state index contributed by atoms with van der Waals surface area (Å²) in [6.45, 7) is 9.64. The summed E-state index contributed by atoms with van der Waals surface area (Å²) in [5.74, 6) is 3.05. The molecule has 11 heteroatoms. The summed E-state index contributed by atoms with van der Waals surface area (Å²) in [7, 11) is -1.62. The molecule has 1 rings (SSSR count). The number of hydrogen-bond acceptors (Lipinski definition) is 9. The summed E-state index contributed by atoms with van der Waals surface area (Å²) < 4.78 is 25.8. The number of nitrogens with zero attached hydrogens (tertiary/aromatic N) is 1. The minimum atomic E-state index is -1.62. The van der Waals surface area contributed by atoms with E-state index < -0.39 is 25.3 Å². The Balaban J connectivity index is 2.45. The minimum Gasteiger partial charge on any atom is -0.432 e. The summed E-state index contributed by atoms with van der Waals surface area (Å²) >= 11 is 0. The van der Waals surface area contributed by atoms with Crippen molar-refractivity contribution in [2.24, 2.45) is 0 Å². The van der Waals surface area contributed by atoms with Gasteiger partial charge in [0.05, 0.1) is 56.7 Å². The summed E-state index contributed by atoms with van der Waals surface area (Å²) in [6, 6.07) is 4.52. The van der Waals surface area contributed by atoms with E-state index in [9.17, 15) is 14.9 Å². The molecule has 1 aromatic carbocycles. The van der Waals surface area contributed by atoms with Gasteiger partial charge >= 0.3 is 6.16 Å². The minimum absolute atomic E-state index is 0.0268. The van der Waals surface area contributed by atoms with Crippen molar-refractivity contribution >= 4 is 19.9 Å². The second kappa shape index (κ2) is 15.4. The normalized spacial score (nSPS) is 11.9. The van der Waals surface area contributed by atoms with E-state index in [2.05, 4.69) is 31.1 Å². The molecule has 0 saturated carbocycles. The fourth-order valence-corrected chi connectivity index (χ4v) is 2.94. The van der Waals surface area contributed by atoms with E-state index in [4.69, 9.17) is 28.8 Å². The number of ether oxygens (including phenoxy) is 5. The Morgan fingerprint density at radius 2 is 1.64 bits per heavy atom. The zero-order chi connectivity index (χ0) is 24.7. The molecule has 0 radical (unpaired) electrons. The number of rotatable bonds is 14. The van der Waals surface area contributed by atoms with Gasteiger partial charge in [-0.25, -0.2) is 4.79 Å². The highest BCUT2D eigenvalue weighted by Gasteiger charge is 2.23. The molecule has 184 valence electrons. The van der Waals surface area contributed by atoms with Crippen molar-refractivity contribution in [1.29, 1.82) is 0 Å². The van der Waals surface area contributed by atoms with Crippen LogP contribution in [0.25, 0.3) is 0 Å². The number of aliphatic hydroxyl groups is 1. The third kappa shape index (κ3) is 13.0. The molecular weight excluding hydrogens is 450 g/mol. The van der Waals surface area contributed by atoms with Gasteiger partial charge in [0.25, 0.3) is 5.69 Å². The molecule has 0 saturated heterocycles. The SMILES string of the molecule is CC(OC(=O)OCCOCCOCCOCCO)c1cc(C#C[Si](C)(C)C)ccc1[N+](=O)[O-]. The lowest BCUT2D eigenvalue weighted by Crippen LogP contribution is -2.17. The van der Waals surface area contributed by atoms with E-state index in [-0.39, 0.29) is 37.7 Å². The van der Waals surface area contributed by atoms with Crippen molar-refractivity contribution in [2.45, 2.75) is 32.7 Å². The van der Waals surface area contributed by atoms with Crippen LogP contribution in [0.5, 0.6) is 0 Å². The summed E-state index contributed by atoms with van der Waals surface area (Å²) in [5.41, 5.74) is 3.92. The van der Waals surface area contributed by atoms with Crippen LogP contribution in [-0.4, -0.2) is 77.1 Å². The molecule has 1 N–H and O–H groups in total. The highest BCUT2D eigenvalue weighted by Crippen LogP contribution is 2.28. The number of hydrogen-bond donors (Lipinski definition) is 1. The Labute approximate surface area is 195 Å². The van der Waals surface area contributed by atoms with E-state index in [0.717, 1.165) is 0 Å². The van der Waals surface area contributed by atoms with Gasteiger partial charge in [0, 0.05) is 11.6 Å². The van der Waals surface area contributed by atoms with Crippen LogP contribution in [0.1, 0.15) is 24.2 Å². The number of aliphatic hydroxyl groups excluding tert-OH is 1. The lowest BCUT2D eigenvalue weighted by molar-refractivity contribution is -0.386. The van der Waals surface area contributed by atoms with Gasteiger partial charge in [0.15, 0.2) is 0 Å². The Morgan fingerprint density at radius 3 is 2.18 bits per heavy atom. The Hall–Kier alpha value is -2.49. The molecule has 0 spiro atoms. The van der Waals surface area contributed by atoms with Crippen LogP contribution in [0.15, 0.2) is 18.2 Å². The van der Waals surface area contributed by atoms with Crippen LogP contribution < -0.4 is 0 Å². The molecule has 1 atom stereocenters. The molecule has 10 nitrogen and oxygen atoms in total. The summed E-state index contributed by atoms with van der Waals surface area (Å²) in [5, 5.41) is 19.9. The van der Waals surface area contributed by atoms with Crippen LogP contribution in [0, 0.1) is 21.6 Å². The number of carbonyl (C=O) groups is 1. The van der Waals surface area contributed by atoms with Gasteiger partial charge in [-0.15, -0.1) is 5.54 Å². The van der Waals surface area contributed by atoms with E-state index in [1.54, 1.807) is 12.1 Å². The lowest BCUT2D eigenvalue weighted by atomic mass is 10.0. The summed E-state index contributed by atoms with van der Waals surface area (Å²) in [4.78, 5) is 22.8. The topological polar surface area (TPSA) is 127 Å². The van der Waals surface area contributed by atoms with Gasteiger partial charge in [-0.05, 0) is 19.1 Å². The smallest absolute Gasteiger partial charge is 0.432 e. The quantitative estimate of drug-likeness (QED) is 0.106. The third-order valence-electron chi connectivity index (χ3n) is 3.94. The van der Waals surface area contributed by atoms with Crippen molar-refractivity contribution in [3.8, 4) is 11.5 Å². The third-order valence-corrected chi connectivity index (χ3v) is 4.82. The van der Waals surface area contributed by atoms with Crippen LogP contribution >= 0.6 is 0 Å². The van der Waals surface area contributed by atoms with Crippen molar-refractivity contribution in [3.05, 3.63) is 39.4 Å². The lowest BCUT2D eigenvalue weighted by Gasteiger charge is -2.14. The summed E-state index contributed by atoms with van der Waals surface area (Å²) in [6.07, 6.45) is -1.84. The Bertz CT molecular complexity index is 814. The van der Waals surface area contributed by atoms with Crippen molar-refractivity contribution in [2.75, 3.05) is 52.9 Å². The first-order valence-corrected chi connectivity index (χ1v) is 14.1. The first kappa shape index (κ1) is 28.5. The molecule has 33 heavy (non-hydrogen) atoms. The van der Waals surface area contributed by atoms with Crippen LogP contribution in [-0.2, 0) is 23.7 Å². The largest absolute Gasteiger partial charge is 0.508 e. The maximum absolute atomic E-state index is 12.0. The molecule has 0 aliphatic carbocycles. The molecule has 0 heterocycles. The van der Waals surface area contributed by atoms with Crippen molar-refractivity contribution < 1.29 is 38.5 Å². The molecule has 1 unspecified atom stereocenters. The van der Waals surface area contributed by atoms with Crippen LogP contribution in [0.4, 0.5) is 10.5 Å². The Kier molecular flexibility index (Phi) is 13.3. The van der Waals surface area contributed by atoms with E-state index >= 15 is 0 Å². The number of carbonyl (C=O) groups excluding carboxylic acids is 1. The van der Waals surface area contributed by atoms with Gasteiger partial charge in [0.2, 0.25) is 0 Å². The molecule has 0 bridgehead atoms. The predicted molar refractivity (Wildman–Crippen MR) is 124 cm³/mol. The van der Waals surface area contributed by atoms with E-state index in [0.29, 0.717) is 32.0 Å². The van der Waals surface area contributed by atoms with Gasteiger partial charge in [-0.1, -0.05) is 25.6 Å².